The molecule has 2 heteroatoms. The predicted octanol–water partition coefficient (Wildman–Crippen LogP) is 4.52. The monoisotopic (exact) mass is 273 g/mol. The molecule has 1 nitrogen and oxygen atoms in total. The molecule has 0 saturated heterocycles. The zero-order valence-electron chi connectivity index (χ0n) is 11.7. The fraction of sp³-hybridized carbons (Fsp3) is 0.294. The van der Waals surface area contributed by atoms with Crippen LogP contribution in [0.5, 0.6) is 0 Å². The first-order chi connectivity index (χ1) is 9.15. The molecule has 0 aliphatic rings. The van der Waals surface area contributed by atoms with Crippen LogP contribution in [-0.2, 0) is 6.42 Å². The third-order valence-corrected chi connectivity index (χ3v) is 3.92. The SMILES string of the molecule is CCc1cccc(C(NC)c2ccc(Cl)c(C)c2)c1. The first kappa shape index (κ1) is 14.1. The molecule has 0 saturated carbocycles. The molecular formula is C17H20ClN. The van der Waals surface area contributed by atoms with Gasteiger partial charge in [-0.05, 0) is 48.7 Å². The Morgan fingerprint density at radius 1 is 1.11 bits per heavy atom. The van der Waals surface area contributed by atoms with E-state index in [-0.39, 0.29) is 6.04 Å². The molecule has 0 bridgehead atoms. The van der Waals surface area contributed by atoms with Crippen molar-refractivity contribution in [3.63, 3.8) is 0 Å². The average molecular weight is 274 g/mol. The van der Waals surface area contributed by atoms with Crippen LogP contribution in [0.15, 0.2) is 42.5 Å². The Morgan fingerprint density at radius 3 is 2.47 bits per heavy atom. The van der Waals surface area contributed by atoms with Gasteiger partial charge in [0.1, 0.15) is 0 Å². The maximum absolute atomic E-state index is 6.10. The maximum Gasteiger partial charge on any atom is 0.0574 e. The van der Waals surface area contributed by atoms with E-state index in [0.29, 0.717) is 0 Å². The van der Waals surface area contributed by atoms with Gasteiger partial charge in [0.2, 0.25) is 0 Å². The number of halogens is 1. The Hall–Kier alpha value is -1.31. The third-order valence-electron chi connectivity index (χ3n) is 3.50. The van der Waals surface area contributed by atoms with Crippen molar-refractivity contribution < 1.29 is 0 Å². The molecule has 2 aromatic carbocycles. The molecule has 2 rings (SSSR count). The molecule has 1 N–H and O–H groups in total. The number of hydrogen-bond acceptors (Lipinski definition) is 1. The second-order valence-electron chi connectivity index (χ2n) is 4.83. The van der Waals surface area contributed by atoms with E-state index in [1.54, 1.807) is 0 Å². The normalized spacial score (nSPS) is 12.4. The lowest BCUT2D eigenvalue weighted by molar-refractivity contribution is 0.690. The molecule has 1 unspecified atom stereocenters. The molecule has 0 radical (unpaired) electrons. The summed E-state index contributed by atoms with van der Waals surface area (Å²) in [6.45, 7) is 4.22. The van der Waals surface area contributed by atoms with Crippen molar-refractivity contribution in [2.75, 3.05) is 7.05 Å². The zero-order chi connectivity index (χ0) is 13.8. The Balaban J connectivity index is 2.40. The van der Waals surface area contributed by atoms with Crippen molar-refractivity contribution >= 4 is 11.6 Å². The summed E-state index contributed by atoms with van der Waals surface area (Å²) in [5.74, 6) is 0. The van der Waals surface area contributed by atoms with Crippen LogP contribution in [0.1, 0.15) is 35.2 Å². The summed E-state index contributed by atoms with van der Waals surface area (Å²) in [5, 5.41) is 4.21. The van der Waals surface area contributed by atoms with E-state index in [0.717, 1.165) is 17.0 Å². The lowest BCUT2D eigenvalue weighted by Crippen LogP contribution is -2.17. The summed E-state index contributed by atoms with van der Waals surface area (Å²) in [6.07, 6.45) is 1.06. The zero-order valence-corrected chi connectivity index (χ0v) is 12.5. The van der Waals surface area contributed by atoms with E-state index in [1.165, 1.54) is 16.7 Å². The van der Waals surface area contributed by atoms with Crippen LogP contribution < -0.4 is 5.32 Å². The summed E-state index contributed by atoms with van der Waals surface area (Å²) in [5.41, 5.74) is 5.02. The van der Waals surface area contributed by atoms with Crippen LogP contribution in [0.4, 0.5) is 0 Å². The Morgan fingerprint density at radius 2 is 1.84 bits per heavy atom. The number of aryl methyl sites for hydroxylation is 2. The summed E-state index contributed by atoms with van der Waals surface area (Å²) in [4.78, 5) is 0. The highest BCUT2D eigenvalue weighted by molar-refractivity contribution is 6.31. The van der Waals surface area contributed by atoms with Crippen molar-refractivity contribution in [3.05, 3.63) is 69.7 Å². The first-order valence-electron chi connectivity index (χ1n) is 6.68. The Labute approximate surface area is 120 Å². The van der Waals surface area contributed by atoms with Crippen LogP contribution in [0.3, 0.4) is 0 Å². The van der Waals surface area contributed by atoms with E-state index in [1.807, 2.05) is 20.0 Å². The average Bonchev–Trinajstić information content (AvgIpc) is 2.44. The van der Waals surface area contributed by atoms with Gasteiger partial charge in [-0.2, -0.15) is 0 Å². The minimum Gasteiger partial charge on any atom is -0.309 e. The van der Waals surface area contributed by atoms with Gasteiger partial charge >= 0.3 is 0 Å². The van der Waals surface area contributed by atoms with Crippen LogP contribution in [-0.4, -0.2) is 7.05 Å². The maximum atomic E-state index is 6.10. The van der Waals surface area contributed by atoms with Crippen molar-refractivity contribution in [2.45, 2.75) is 26.3 Å². The second kappa shape index (κ2) is 6.23. The molecule has 19 heavy (non-hydrogen) atoms. The Bertz CT molecular complexity index is 563. The summed E-state index contributed by atoms with van der Waals surface area (Å²) in [6, 6.07) is 15.2. The lowest BCUT2D eigenvalue weighted by Gasteiger charge is -2.19. The predicted molar refractivity (Wildman–Crippen MR) is 82.9 cm³/mol. The number of benzene rings is 2. The van der Waals surface area contributed by atoms with Crippen molar-refractivity contribution in [1.29, 1.82) is 0 Å². The highest BCUT2D eigenvalue weighted by atomic mass is 35.5. The number of rotatable bonds is 4. The minimum atomic E-state index is 0.211. The standard InChI is InChI=1S/C17H20ClN/c1-4-13-6-5-7-14(11-13)17(19-3)15-8-9-16(18)12(2)10-15/h5-11,17,19H,4H2,1-3H3. The van der Waals surface area contributed by atoms with Gasteiger partial charge in [0.25, 0.3) is 0 Å². The molecule has 0 fully saturated rings. The third kappa shape index (κ3) is 3.17. The van der Waals surface area contributed by atoms with E-state index in [4.69, 9.17) is 11.6 Å². The van der Waals surface area contributed by atoms with Crippen molar-refractivity contribution in [3.8, 4) is 0 Å². The van der Waals surface area contributed by atoms with E-state index in [9.17, 15) is 0 Å². The minimum absolute atomic E-state index is 0.211. The smallest absolute Gasteiger partial charge is 0.0574 e. The second-order valence-corrected chi connectivity index (χ2v) is 5.24. The van der Waals surface area contributed by atoms with Gasteiger partial charge in [-0.25, -0.2) is 0 Å². The van der Waals surface area contributed by atoms with Gasteiger partial charge in [-0.15, -0.1) is 0 Å². The molecule has 0 spiro atoms. The van der Waals surface area contributed by atoms with Gasteiger partial charge < -0.3 is 5.32 Å². The molecule has 0 aromatic heterocycles. The topological polar surface area (TPSA) is 12.0 Å². The van der Waals surface area contributed by atoms with E-state index >= 15 is 0 Å². The molecular weight excluding hydrogens is 254 g/mol. The van der Waals surface area contributed by atoms with Gasteiger partial charge in [-0.1, -0.05) is 54.9 Å². The number of nitrogens with one attached hydrogen (secondary N) is 1. The fourth-order valence-corrected chi connectivity index (χ4v) is 2.48. The van der Waals surface area contributed by atoms with E-state index < -0.39 is 0 Å². The lowest BCUT2D eigenvalue weighted by atomic mass is 9.95. The van der Waals surface area contributed by atoms with Crippen LogP contribution in [0.25, 0.3) is 0 Å². The molecule has 2 aromatic rings. The summed E-state index contributed by atoms with van der Waals surface area (Å²) >= 11 is 6.10. The van der Waals surface area contributed by atoms with Crippen LogP contribution >= 0.6 is 11.6 Å². The van der Waals surface area contributed by atoms with E-state index in [2.05, 4.69) is 48.6 Å². The van der Waals surface area contributed by atoms with Gasteiger partial charge in [0, 0.05) is 5.02 Å². The van der Waals surface area contributed by atoms with Gasteiger partial charge in [0.15, 0.2) is 0 Å². The molecule has 1 atom stereocenters. The largest absolute Gasteiger partial charge is 0.309 e. The molecule has 0 amide bonds. The first-order valence-corrected chi connectivity index (χ1v) is 7.05. The van der Waals surface area contributed by atoms with Crippen LogP contribution in [0.2, 0.25) is 5.02 Å². The summed E-state index contributed by atoms with van der Waals surface area (Å²) < 4.78 is 0. The van der Waals surface area contributed by atoms with Gasteiger partial charge in [-0.3, -0.25) is 0 Å². The molecule has 0 aliphatic heterocycles. The fourth-order valence-electron chi connectivity index (χ4n) is 2.37. The number of hydrogen-bond donors (Lipinski definition) is 1. The molecule has 0 heterocycles. The molecule has 0 aliphatic carbocycles. The highest BCUT2D eigenvalue weighted by Gasteiger charge is 2.12. The van der Waals surface area contributed by atoms with Crippen molar-refractivity contribution in [2.24, 2.45) is 0 Å². The molecule has 100 valence electrons. The van der Waals surface area contributed by atoms with Crippen LogP contribution in [0, 0.1) is 6.92 Å². The summed E-state index contributed by atoms with van der Waals surface area (Å²) in [7, 11) is 1.99. The quantitative estimate of drug-likeness (QED) is 0.864. The van der Waals surface area contributed by atoms with Gasteiger partial charge in [0.05, 0.1) is 6.04 Å². The van der Waals surface area contributed by atoms with Crippen molar-refractivity contribution in [1.82, 2.24) is 5.32 Å². The Kier molecular flexibility index (Phi) is 4.62. The highest BCUT2D eigenvalue weighted by Crippen LogP contribution is 2.26.